The van der Waals surface area contributed by atoms with Crippen LogP contribution in [0.3, 0.4) is 0 Å². The lowest BCUT2D eigenvalue weighted by Gasteiger charge is -2.24. The molecule has 0 aromatic heterocycles. The summed E-state index contributed by atoms with van der Waals surface area (Å²) in [5.74, 6) is 0.309. The van der Waals surface area contributed by atoms with Gasteiger partial charge in [-0.3, -0.25) is 9.59 Å². The third-order valence-electron chi connectivity index (χ3n) is 4.42. The molecule has 1 N–H and O–H groups in total. The molecule has 2 amide bonds. The van der Waals surface area contributed by atoms with E-state index in [0.29, 0.717) is 18.0 Å². The van der Waals surface area contributed by atoms with Gasteiger partial charge in [0.05, 0.1) is 6.61 Å². The molecule has 2 aromatic carbocycles. The van der Waals surface area contributed by atoms with Crippen LogP contribution in [0.2, 0.25) is 0 Å². The Morgan fingerprint density at radius 2 is 1.46 bits per heavy atom. The van der Waals surface area contributed by atoms with Crippen molar-refractivity contribution in [3.05, 3.63) is 48.5 Å². The molecule has 150 valence electrons. The molecule has 0 radical (unpaired) electrons. The number of rotatable bonds is 9. The summed E-state index contributed by atoms with van der Waals surface area (Å²) in [6.07, 6.45) is 0. The van der Waals surface area contributed by atoms with Gasteiger partial charge in [-0.15, -0.1) is 0 Å². The Morgan fingerprint density at radius 3 is 1.96 bits per heavy atom. The number of carbonyl (C=O) groups is 2. The number of carbonyl (C=O) groups excluding carboxylic acids is 2. The van der Waals surface area contributed by atoms with E-state index in [-0.39, 0.29) is 18.4 Å². The van der Waals surface area contributed by atoms with E-state index in [1.165, 1.54) is 11.8 Å². The predicted octanol–water partition coefficient (Wildman–Crippen LogP) is 3.92. The van der Waals surface area contributed by atoms with Gasteiger partial charge in [0.25, 0.3) is 0 Å². The average Bonchev–Trinajstić information content (AvgIpc) is 2.69. The minimum Gasteiger partial charge on any atom is -0.494 e. The topological polar surface area (TPSA) is 61.9 Å². The second-order valence-corrected chi connectivity index (χ2v) is 6.30. The van der Waals surface area contributed by atoms with E-state index in [1.54, 1.807) is 24.3 Å². The minimum atomic E-state index is -0.257. The van der Waals surface area contributed by atoms with Crippen LogP contribution in [-0.2, 0) is 9.59 Å². The van der Waals surface area contributed by atoms with Gasteiger partial charge in [-0.2, -0.15) is 0 Å². The number of hydrogen-bond acceptors (Lipinski definition) is 4. The monoisotopic (exact) mass is 383 g/mol. The molecule has 0 aliphatic heterocycles. The van der Waals surface area contributed by atoms with E-state index in [2.05, 4.69) is 24.1 Å². The van der Waals surface area contributed by atoms with Crippen molar-refractivity contribution in [2.75, 3.05) is 41.4 Å². The molecule has 0 fully saturated rings. The van der Waals surface area contributed by atoms with Gasteiger partial charge in [0.15, 0.2) is 0 Å². The Bertz CT molecular complexity index is 769. The van der Waals surface area contributed by atoms with E-state index < -0.39 is 0 Å². The predicted molar refractivity (Wildman–Crippen MR) is 114 cm³/mol. The summed E-state index contributed by atoms with van der Waals surface area (Å²) in [5.41, 5.74) is 2.45. The highest BCUT2D eigenvalue weighted by molar-refractivity contribution is 6.01. The van der Waals surface area contributed by atoms with Crippen LogP contribution in [0.25, 0.3) is 0 Å². The van der Waals surface area contributed by atoms with Gasteiger partial charge in [0.1, 0.15) is 12.3 Å². The third kappa shape index (κ3) is 5.74. The summed E-state index contributed by atoms with van der Waals surface area (Å²) >= 11 is 0. The molecule has 28 heavy (non-hydrogen) atoms. The third-order valence-corrected chi connectivity index (χ3v) is 4.42. The van der Waals surface area contributed by atoms with Crippen molar-refractivity contribution in [1.82, 2.24) is 0 Å². The Morgan fingerprint density at radius 1 is 0.893 bits per heavy atom. The molecule has 0 atom stereocenters. The number of hydrogen-bond donors (Lipinski definition) is 1. The first-order chi connectivity index (χ1) is 13.5. The quantitative estimate of drug-likeness (QED) is 0.713. The van der Waals surface area contributed by atoms with Crippen LogP contribution in [0.4, 0.5) is 17.1 Å². The lowest BCUT2D eigenvalue weighted by molar-refractivity contribution is -0.120. The second-order valence-electron chi connectivity index (χ2n) is 6.30. The highest BCUT2D eigenvalue weighted by atomic mass is 16.5. The SMILES string of the molecule is CCOc1ccc(NC(=O)CN(C(C)=O)c2ccc(N(CC)CC)cc2)cc1. The maximum Gasteiger partial charge on any atom is 0.244 e. The summed E-state index contributed by atoms with van der Waals surface area (Å²) in [4.78, 5) is 28.2. The van der Waals surface area contributed by atoms with E-state index in [9.17, 15) is 9.59 Å². The van der Waals surface area contributed by atoms with E-state index in [4.69, 9.17) is 4.74 Å². The van der Waals surface area contributed by atoms with E-state index in [1.807, 2.05) is 31.2 Å². The largest absolute Gasteiger partial charge is 0.494 e. The number of benzene rings is 2. The lowest BCUT2D eigenvalue weighted by Crippen LogP contribution is -2.36. The van der Waals surface area contributed by atoms with Crippen LogP contribution < -0.4 is 19.9 Å². The minimum absolute atomic E-state index is 0.0485. The second kappa shape index (κ2) is 10.3. The lowest BCUT2D eigenvalue weighted by atomic mass is 10.2. The van der Waals surface area contributed by atoms with Crippen LogP contribution in [0, 0.1) is 0 Å². The molecule has 0 aliphatic carbocycles. The summed E-state index contributed by atoms with van der Waals surface area (Å²) < 4.78 is 5.39. The molecule has 0 spiro atoms. The number of nitrogens with one attached hydrogen (secondary N) is 1. The van der Waals surface area contributed by atoms with Crippen LogP contribution in [0.15, 0.2) is 48.5 Å². The van der Waals surface area contributed by atoms with Crippen molar-refractivity contribution >= 4 is 28.9 Å². The Balaban J connectivity index is 2.05. The van der Waals surface area contributed by atoms with Gasteiger partial charge in [-0.05, 0) is 69.3 Å². The van der Waals surface area contributed by atoms with Gasteiger partial charge < -0.3 is 19.9 Å². The fraction of sp³-hybridized carbons (Fsp3) is 0.364. The van der Waals surface area contributed by atoms with Crippen molar-refractivity contribution in [3.8, 4) is 5.75 Å². The standard InChI is InChI=1S/C22H29N3O3/c1-5-24(6-2)19-10-12-20(13-11-19)25(17(4)26)16-22(27)23-18-8-14-21(15-9-18)28-7-3/h8-15H,5-7,16H2,1-4H3,(H,23,27). The fourth-order valence-corrected chi connectivity index (χ4v) is 2.96. The van der Waals surface area contributed by atoms with E-state index >= 15 is 0 Å². The van der Waals surface area contributed by atoms with Gasteiger partial charge in [0.2, 0.25) is 11.8 Å². The normalized spacial score (nSPS) is 10.3. The van der Waals surface area contributed by atoms with Gasteiger partial charge in [-0.1, -0.05) is 0 Å². The van der Waals surface area contributed by atoms with Crippen LogP contribution >= 0.6 is 0 Å². The zero-order valence-corrected chi connectivity index (χ0v) is 17.1. The van der Waals surface area contributed by atoms with Crippen molar-refractivity contribution in [3.63, 3.8) is 0 Å². The van der Waals surface area contributed by atoms with Crippen LogP contribution in [-0.4, -0.2) is 38.1 Å². The van der Waals surface area contributed by atoms with E-state index in [0.717, 1.165) is 24.5 Å². The molecular formula is C22H29N3O3. The fourth-order valence-electron chi connectivity index (χ4n) is 2.96. The molecule has 0 unspecified atom stereocenters. The maximum absolute atomic E-state index is 12.4. The Hall–Kier alpha value is -3.02. The van der Waals surface area contributed by atoms with Crippen molar-refractivity contribution in [2.24, 2.45) is 0 Å². The molecule has 0 heterocycles. The summed E-state index contributed by atoms with van der Waals surface area (Å²) in [7, 11) is 0. The van der Waals surface area contributed by atoms with Crippen LogP contribution in [0.5, 0.6) is 5.75 Å². The zero-order chi connectivity index (χ0) is 20.5. The molecule has 6 nitrogen and oxygen atoms in total. The highest BCUT2D eigenvalue weighted by Crippen LogP contribution is 2.21. The van der Waals surface area contributed by atoms with Crippen LogP contribution in [0.1, 0.15) is 27.7 Å². The zero-order valence-electron chi connectivity index (χ0n) is 17.1. The molecule has 2 aromatic rings. The molecule has 6 heteroatoms. The molecule has 0 saturated carbocycles. The first-order valence-electron chi connectivity index (χ1n) is 9.64. The summed E-state index contributed by atoms with van der Waals surface area (Å²) in [6, 6.07) is 14.9. The molecule has 2 rings (SSSR count). The van der Waals surface area contributed by atoms with Crippen molar-refractivity contribution in [2.45, 2.75) is 27.7 Å². The van der Waals surface area contributed by atoms with Gasteiger partial charge in [0, 0.05) is 37.1 Å². The molecule has 0 bridgehead atoms. The smallest absolute Gasteiger partial charge is 0.244 e. The number of amides is 2. The number of ether oxygens (including phenoxy) is 1. The maximum atomic E-state index is 12.4. The van der Waals surface area contributed by atoms with Crippen molar-refractivity contribution < 1.29 is 14.3 Å². The molecular weight excluding hydrogens is 354 g/mol. The Labute approximate surface area is 167 Å². The summed E-state index contributed by atoms with van der Waals surface area (Å²) in [6.45, 7) is 9.95. The number of anilines is 3. The number of nitrogens with zero attached hydrogens (tertiary/aromatic N) is 2. The Kier molecular flexibility index (Phi) is 7.87. The molecule has 0 saturated heterocycles. The van der Waals surface area contributed by atoms with Crippen molar-refractivity contribution in [1.29, 1.82) is 0 Å². The average molecular weight is 383 g/mol. The molecule has 0 aliphatic rings. The van der Waals surface area contributed by atoms with Gasteiger partial charge >= 0.3 is 0 Å². The first-order valence-corrected chi connectivity index (χ1v) is 9.64. The van der Waals surface area contributed by atoms with Gasteiger partial charge in [-0.25, -0.2) is 0 Å². The first kappa shape index (κ1) is 21.3. The highest BCUT2D eigenvalue weighted by Gasteiger charge is 2.16. The summed E-state index contributed by atoms with van der Waals surface area (Å²) in [5, 5.41) is 2.82.